The number of phosphoric acid groups is 5. The summed E-state index contributed by atoms with van der Waals surface area (Å²) in [6.45, 7) is 0. The molecule has 0 bridgehead atoms. The molecule has 11 aromatic rings. The van der Waals surface area contributed by atoms with Gasteiger partial charge in [-0.25, -0.2) is 0 Å². The van der Waals surface area contributed by atoms with E-state index in [4.69, 9.17) is 67.9 Å². The van der Waals surface area contributed by atoms with Crippen molar-refractivity contribution < 1.29 is 90.7 Å². The standard InChI is InChI=1S/C66H51O20P5/c67-87(72-52-26-8-1-9-27-52,73-53-28-10-2-11-29-53)79-59-40-22-42-61(48-59)81-89(69,76-56-34-16-5-17-35-56)83-63-44-24-46-65(50-63)85-91(71,78-58-38-20-7-21-39-58)86-66-47-25-45-64(51-66)84-90(70,77-57-36-18-6-19-37-57)82-62-43-23-41-60(49-62)80-88(68,74-54-30-12-3-13-31-54)75-55-32-14-4-15-33-55/h1-51H. The Kier molecular flexibility index (Phi) is 19.7. The second kappa shape index (κ2) is 28.8. The lowest BCUT2D eigenvalue weighted by Gasteiger charge is -2.22. The summed E-state index contributed by atoms with van der Waals surface area (Å²) in [4.78, 5) is 0. The topological polar surface area (TPSA) is 224 Å². The second-order valence-corrected chi connectivity index (χ2v) is 25.9. The lowest BCUT2D eigenvalue weighted by Crippen LogP contribution is -2.10. The van der Waals surface area contributed by atoms with E-state index in [1.54, 1.807) is 176 Å². The molecule has 0 saturated heterocycles. The summed E-state index contributed by atoms with van der Waals surface area (Å²) >= 11 is 0. The van der Waals surface area contributed by atoms with Crippen molar-refractivity contribution in [1.82, 2.24) is 0 Å². The maximum Gasteiger partial charge on any atom is 0.647 e. The van der Waals surface area contributed by atoms with Crippen LogP contribution in [0.1, 0.15) is 0 Å². The van der Waals surface area contributed by atoms with Gasteiger partial charge in [-0.15, -0.1) is 0 Å². The van der Waals surface area contributed by atoms with Crippen LogP contribution in [-0.2, 0) is 22.8 Å². The van der Waals surface area contributed by atoms with Crippen LogP contribution in [0.25, 0.3) is 0 Å². The molecular formula is C66H51O20P5. The highest BCUT2D eigenvalue weighted by atomic mass is 31.2. The first-order valence-electron chi connectivity index (χ1n) is 27.4. The fraction of sp³-hybridized carbons (Fsp3) is 0. The highest BCUT2D eigenvalue weighted by Crippen LogP contribution is 2.57. The van der Waals surface area contributed by atoms with Gasteiger partial charge < -0.3 is 67.9 Å². The predicted molar refractivity (Wildman–Crippen MR) is 338 cm³/mol. The molecule has 11 rings (SSSR count). The maximum atomic E-state index is 15.1. The van der Waals surface area contributed by atoms with Gasteiger partial charge in [-0.05, 0) is 133 Å². The Bertz CT molecular complexity index is 4060. The summed E-state index contributed by atoms with van der Waals surface area (Å²) in [6.07, 6.45) is 0. The first kappa shape index (κ1) is 62.2. The molecule has 0 amide bonds. The third-order valence-corrected chi connectivity index (χ3v) is 18.2. The largest absolute Gasteiger partial charge is 0.647 e. The molecule has 0 aliphatic carbocycles. The van der Waals surface area contributed by atoms with Crippen LogP contribution in [-0.4, -0.2) is 0 Å². The van der Waals surface area contributed by atoms with Crippen molar-refractivity contribution in [1.29, 1.82) is 0 Å². The van der Waals surface area contributed by atoms with Crippen LogP contribution in [0.3, 0.4) is 0 Å². The van der Waals surface area contributed by atoms with Crippen molar-refractivity contribution in [3.05, 3.63) is 309 Å². The summed E-state index contributed by atoms with van der Waals surface area (Å²) in [5, 5.41) is 0. The van der Waals surface area contributed by atoms with Gasteiger partial charge in [0.2, 0.25) is 0 Å². The van der Waals surface area contributed by atoms with Crippen molar-refractivity contribution in [3.63, 3.8) is 0 Å². The van der Waals surface area contributed by atoms with Crippen molar-refractivity contribution in [2.45, 2.75) is 0 Å². The van der Waals surface area contributed by atoms with Gasteiger partial charge in [0, 0.05) is 24.3 Å². The normalized spacial score (nSPS) is 13.1. The van der Waals surface area contributed by atoms with Crippen LogP contribution in [0.15, 0.2) is 309 Å². The Hall–Kier alpha value is -10.4. The van der Waals surface area contributed by atoms with Crippen LogP contribution in [0.5, 0.6) is 86.2 Å². The molecule has 20 nitrogen and oxygen atoms in total. The van der Waals surface area contributed by atoms with Crippen LogP contribution in [0, 0.1) is 0 Å². The van der Waals surface area contributed by atoms with E-state index in [1.165, 1.54) is 133 Å². The molecule has 460 valence electrons. The van der Waals surface area contributed by atoms with E-state index in [0.717, 1.165) is 0 Å². The summed E-state index contributed by atoms with van der Waals surface area (Å²) in [7, 11) is -23.4. The minimum atomic E-state index is -4.87. The Morgan fingerprint density at radius 3 is 0.352 bits per heavy atom. The number of hydrogen-bond donors (Lipinski definition) is 0. The third kappa shape index (κ3) is 18.6. The molecule has 0 fully saturated rings. The van der Waals surface area contributed by atoms with E-state index in [2.05, 4.69) is 0 Å². The predicted octanol–water partition coefficient (Wildman–Crippen LogP) is 19.9. The fourth-order valence-corrected chi connectivity index (χ4v) is 14.1. The van der Waals surface area contributed by atoms with Crippen LogP contribution in [0.2, 0.25) is 0 Å². The maximum absolute atomic E-state index is 15.1. The Labute approximate surface area is 522 Å². The molecule has 0 aliphatic rings. The highest BCUT2D eigenvalue weighted by molar-refractivity contribution is 7.51. The fourth-order valence-electron chi connectivity index (χ4n) is 7.94. The molecule has 0 N–H and O–H groups in total. The number of phosphoric ester groups is 5. The zero-order chi connectivity index (χ0) is 62.8. The molecule has 0 heterocycles. The van der Waals surface area contributed by atoms with Crippen LogP contribution < -0.4 is 67.9 Å². The van der Waals surface area contributed by atoms with Gasteiger partial charge in [-0.2, -0.15) is 22.8 Å². The second-order valence-electron chi connectivity index (χ2n) is 18.7. The zero-order valence-electron chi connectivity index (χ0n) is 47.3. The van der Waals surface area contributed by atoms with Crippen molar-refractivity contribution in [2.75, 3.05) is 0 Å². The molecular weight excluding hydrogens is 1270 g/mol. The minimum Gasteiger partial charge on any atom is -0.386 e. The molecule has 25 heteroatoms. The van der Waals surface area contributed by atoms with Gasteiger partial charge in [0.25, 0.3) is 0 Å². The summed E-state index contributed by atoms with van der Waals surface area (Å²) in [5.41, 5.74) is 0. The molecule has 0 radical (unpaired) electrons. The molecule has 11 aromatic carbocycles. The van der Waals surface area contributed by atoms with Gasteiger partial charge >= 0.3 is 39.1 Å². The minimum absolute atomic E-state index is 0.0654. The summed E-state index contributed by atoms with van der Waals surface area (Å²) < 4.78 is 163. The quantitative estimate of drug-likeness (QED) is 0.0382. The van der Waals surface area contributed by atoms with Gasteiger partial charge in [0.15, 0.2) is 0 Å². The van der Waals surface area contributed by atoms with E-state index < -0.39 is 39.1 Å². The van der Waals surface area contributed by atoms with E-state index >= 15 is 4.57 Å². The van der Waals surface area contributed by atoms with E-state index in [1.807, 2.05) is 0 Å². The lowest BCUT2D eigenvalue weighted by atomic mass is 10.3. The summed E-state index contributed by atoms with van der Waals surface area (Å²) in [5.74, 6) is -0.120. The van der Waals surface area contributed by atoms with Gasteiger partial charge in [0.1, 0.15) is 86.2 Å². The Morgan fingerprint density at radius 2 is 0.231 bits per heavy atom. The molecule has 91 heavy (non-hydrogen) atoms. The number of para-hydroxylation sites is 7. The van der Waals surface area contributed by atoms with Crippen LogP contribution >= 0.6 is 39.1 Å². The van der Waals surface area contributed by atoms with Gasteiger partial charge in [-0.3, -0.25) is 0 Å². The van der Waals surface area contributed by atoms with Crippen molar-refractivity contribution in [2.24, 2.45) is 0 Å². The molecule has 0 spiro atoms. The van der Waals surface area contributed by atoms with E-state index in [0.29, 0.717) is 0 Å². The zero-order valence-corrected chi connectivity index (χ0v) is 51.8. The third-order valence-electron chi connectivity index (χ3n) is 11.7. The molecule has 0 aromatic heterocycles. The lowest BCUT2D eigenvalue weighted by molar-refractivity contribution is 0.291. The molecule has 0 aliphatic heterocycles. The average molecular weight is 1320 g/mol. The molecule has 2 unspecified atom stereocenters. The number of benzene rings is 11. The van der Waals surface area contributed by atoms with Crippen molar-refractivity contribution >= 4 is 39.1 Å². The molecule has 0 saturated carbocycles. The molecule has 2 atom stereocenters. The first-order valence-corrected chi connectivity index (χ1v) is 34.7. The monoisotopic (exact) mass is 1320 g/mol. The Morgan fingerprint density at radius 1 is 0.132 bits per heavy atom. The highest BCUT2D eigenvalue weighted by Gasteiger charge is 2.40. The Balaban J connectivity index is 0.835. The van der Waals surface area contributed by atoms with E-state index in [9.17, 15) is 18.3 Å². The SMILES string of the molecule is O=P(Oc1ccccc1)(Oc1ccccc1)Oc1cccc(OP(=O)(Oc2ccccc2)Oc2cccc(OP(=O)(Oc3ccccc3)Oc3cccc(OP(=O)(Oc4ccccc4)Oc4cccc(OP(=O)(Oc5ccccc5)Oc5ccccc5)c4)c3)c2)c1. The average Bonchev–Trinajstić information content (AvgIpc) is 1.30. The van der Waals surface area contributed by atoms with Gasteiger partial charge in [-0.1, -0.05) is 152 Å². The van der Waals surface area contributed by atoms with Gasteiger partial charge in [0.05, 0.1) is 0 Å². The number of hydrogen-bond acceptors (Lipinski definition) is 20. The van der Waals surface area contributed by atoms with E-state index in [-0.39, 0.29) is 86.2 Å². The van der Waals surface area contributed by atoms with Crippen LogP contribution in [0.4, 0.5) is 0 Å². The smallest absolute Gasteiger partial charge is 0.386 e. The number of rotatable bonds is 30. The van der Waals surface area contributed by atoms with Crippen molar-refractivity contribution in [3.8, 4) is 86.2 Å². The summed E-state index contributed by atoms with van der Waals surface area (Å²) in [6, 6.07) is 79.4. The first-order chi connectivity index (χ1) is 44.2.